The minimum absolute atomic E-state index is 0.135. The number of allylic oxidation sites excluding steroid dienone is 4. The SMILES string of the molecule is CC[C@@H]1C[C@](CC/C(F)=C\C=C(/C)Br)(C(=O)OC)CCB1Cc1cccc(Cl)c1F. The second-order valence-electron chi connectivity index (χ2n) is 8.23. The Morgan fingerprint density at radius 2 is 2.17 bits per heavy atom. The first-order valence-corrected chi connectivity index (χ1v) is 11.6. The molecule has 0 saturated carbocycles. The molecule has 0 aromatic heterocycles. The van der Waals surface area contributed by atoms with E-state index in [9.17, 15) is 13.6 Å². The minimum atomic E-state index is -0.697. The highest BCUT2D eigenvalue weighted by Gasteiger charge is 2.47. The van der Waals surface area contributed by atoms with Crippen molar-refractivity contribution in [1.82, 2.24) is 0 Å². The summed E-state index contributed by atoms with van der Waals surface area (Å²) in [6.07, 6.45) is 7.16. The molecule has 0 bridgehead atoms. The number of carbonyl (C=O) groups is 1. The molecule has 0 unspecified atom stereocenters. The molecule has 0 spiro atoms. The smallest absolute Gasteiger partial charge is 0.311 e. The lowest BCUT2D eigenvalue weighted by Crippen LogP contribution is -2.42. The molecular weight excluding hydrogens is 472 g/mol. The van der Waals surface area contributed by atoms with Gasteiger partial charge in [0.25, 0.3) is 0 Å². The predicted octanol–water partition coefficient (Wildman–Crippen LogP) is 7.72. The van der Waals surface area contributed by atoms with Crippen LogP contribution in [0.15, 0.2) is 40.7 Å². The largest absolute Gasteiger partial charge is 0.469 e. The molecule has 0 radical (unpaired) electrons. The molecule has 0 N–H and O–H groups in total. The van der Waals surface area contributed by atoms with Gasteiger partial charge in [-0.25, -0.2) is 8.78 Å². The molecular formula is C23H29BBrClF2O2. The van der Waals surface area contributed by atoms with Crippen LogP contribution in [0.2, 0.25) is 17.2 Å². The van der Waals surface area contributed by atoms with E-state index in [2.05, 4.69) is 22.9 Å². The van der Waals surface area contributed by atoms with Gasteiger partial charge in [-0.15, -0.1) is 0 Å². The molecule has 1 heterocycles. The van der Waals surface area contributed by atoms with Crippen LogP contribution >= 0.6 is 27.5 Å². The monoisotopic (exact) mass is 500 g/mol. The van der Waals surface area contributed by atoms with Gasteiger partial charge in [-0.05, 0) is 60.8 Å². The average molecular weight is 502 g/mol. The van der Waals surface area contributed by atoms with Crippen LogP contribution in [0.5, 0.6) is 0 Å². The van der Waals surface area contributed by atoms with Gasteiger partial charge in [0, 0.05) is 6.42 Å². The van der Waals surface area contributed by atoms with Crippen LogP contribution in [0.1, 0.15) is 51.5 Å². The van der Waals surface area contributed by atoms with E-state index in [1.54, 1.807) is 24.3 Å². The summed E-state index contributed by atoms with van der Waals surface area (Å²) in [5.41, 5.74) is -0.0839. The number of rotatable bonds is 8. The van der Waals surface area contributed by atoms with Crippen LogP contribution in [0, 0.1) is 11.2 Å². The maximum absolute atomic E-state index is 14.4. The average Bonchev–Trinajstić information content (AvgIpc) is 2.74. The molecule has 0 aliphatic carbocycles. The molecule has 2 atom stereocenters. The Bertz CT molecular complexity index is 810. The van der Waals surface area contributed by atoms with Crippen LogP contribution in [-0.2, 0) is 15.9 Å². The molecule has 1 fully saturated rings. The second kappa shape index (κ2) is 11.5. The Labute approximate surface area is 192 Å². The number of methoxy groups -OCH3 is 1. The summed E-state index contributed by atoms with van der Waals surface area (Å²) in [6, 6.07) is 5.09. The third-order valence-corrected chi connectivity index (χ3v) is 6.86. The third kappa shape index (κ3) is 6.43. The molecule has 1 aliphatic rings. The van der Waals surface area contributed by atoms with Crippen molar-refractivity contribution in [3.63, 3.8) is 0 Å². The van der Waals surface area contributed by atoms with Gasteiger partial charge < -0.3 is 4.74 Å². The first-order chi connectivity index (χ1) is 14.2. The van der Waals surface area contributed by atoms with Crippen molar-refractivity contribution >= 4 is 40.2 Å². The zero-order valence-corrected chi connectivity index (χ0v) is 20.2. The topological polar surface area (TPSA) is 26.3 Å². The fraction of sp³-hybridized carbons (Fsp3) is 0.522. The number of carbonyl (C=O) groups excluding carboxylic acids is 1. The third-order valence-electron chi connectivity index (χ3n) is 6.31. The van der Waals surface area contributed by atoms with Crippen LogP contribution in [0.4, 0.5) is 8.78 Å². The molecule has 2 rings (SSSR count). The number of esters is 1. The van der Waals surface area contributed by atoms with Crippen molar-refractivity contribution in [2.24, 2.45) is 5.41 Å². The Morgan fingerprint density at radius 1 is 1.43 bits per heavy atom. The highest BCUT2D eigenvalue weighted by molar-refractivity contribution is 9.11. The molecule has 1 saturated heterocycles. The van der Waals surface area contributed by atoms with E-state index >= 15 is 0 Å². The van der Waals surface area contributed by atoms with Crippen LogP contribution in [0.3, 0.4) is 0 Å². The van der Waals surface area contributed by atoms with Gasteiger partial charge in [-0.1, -0.05) is 65.1 Å². The van der Waals surface area contributed by atoms with Gasteiger partial charge in [-0.2, -0.15) is 0 Å². The minimum Gasteiger partial charge on any atom is -0.469 e. The first-order valence-electron chi connectivity index (χ1n) is 10.4. The van der Waals surface area contributed by atoms with Crippen LogP contribution in [-0.4, -0.2) is 19.8 Å². The highest BCUT2D eigenvalue weighted by atomic mass is 79.9. The van der Waals surface area contributed by atoms with Crippen molar-refractivity contribution in [3.05, 3.63) is 57.1 Å². The highest BCUT2D eigenvalue weighted by Crippen LogP contribution is 2.48. The molecule has 1 aromatic rings. The molecule has 1 aliphatic heterocycles. The van der Waals surface area contributed by atoms with Crippen LogP contribution < -0.4 is 0 Å². The maximum atomic E-state index is 14.4. The van der Waals surface area contributed by atoms with E-state index < -0.39 is 5.41 Å². The Hall–Kier alpha value is -1.14. The van der Waals surface area contributed by atoms with Crippen molar-refractivity contribution in [2.75, 3.05) is 7.11 Å². The summed E-state index contributed by atoms with van der Waals surface area (Å²) in [4.78, 5) is 12.7. The normalized spacial score (nSPS) is 22.9. The predicted molar refractivity (Wildman–Crippen MR) is 125 cm³/mol. The Balaban J connectivity index is 2.17. The van der Waals surface area contributed by atoms with Gasteiger partial charge in [0.1, 0.15) is 12.5 Å². The number of ether oxygens (including phenoxy) is 1. The van der Waals surface area contributed by atoms with E-state index in [0.717, 1.165) is 17.2 Å². The zero-order chi connectivity index (χ0) is 22.3. The number of halogens is 4. The van der Waals surface area contributed by atoms with E-state index in [0.29, 0.717) is 31.1 Å². The van der Waals surface area contributed by atoms with Gasteiger partial charge in [-0.3, -0.25) is 4.79 Å². The summed E-state index contributed by atoms with van der Waals surface area (Å²) in [5.74, 6) is -0.657. The molecule has 30 heavy (non-hydrogen) atoms. The molecule has 164 valence electrons. The van der Waals surface area contributed by atoms with Gasteiger partial charge >= 0.3 is 5.97 Å². The Kier molecular flexibility index (Phi) is 9.61. The number of benzene rings is 1. The van der Waals surface area contributed by atoms with Gasteiger partial charge in [0.2, 0.25) is 0 Å². The second-order valence-corrected chi connectivity index (χ2v) is 9.89. The number of hydrogen-bond donors (Lipinski definition) is 0. The summed E-state index contributed by atoms with van der Waals surface area (Å²) < 4.78 is 34.6. The quantitative estimate of drug-likeness (QED) is 0.207. The molecule has 1 aromatic carbocycles. The standard InChI is InChI=1S/C23H29BBrClF2O2/c1-4-18-14-23(22(29)30-3,11-10-19(27)9-8-16(2)25)12-13-24(18)15-17-6-5-7-20(26)21(17)28/h5-9,18H,4,10-15H2,1-3H3/b16-8+,19-9+/t18-,23-/m1/s1. The van der Waals surface area contributed by atoms with Crippen molar-refractivity contribution in [1.29, 1.82) is 0 Å². The number of hydrogen-bond acceptors (Lipinski definition) is 2. The van der Waals surface area contributed by atoms with Gasteiger partial charge in [0.05, 0.1) is 23.4 Å². The van der Waals surface area contributed by atoms with E-state index in [-0.39, 0.29) is 41.6 Å². The zero-order valence-electron chi connectivity index (χ0n) is 17.8. The molecule has 2 nitrogen and oxygen atoms in total. The lowest BCUT2D eigenvalue weighted by atomic mass is 9.30. The molecule has 7 heteroatoms. The van der Waals surface area contributed by atoms with E-state index in [1.165, 1.54) is 13.2 Å². The maximum Gasteiger partial charge on any atom is 0.311 e. The van der Waals surface area contributed by atoms with E-state index in [1.807, 2.05) is 6.92 Å². The fourth-order valence-electron chi connectivity index (χ4n) is 4.58. The van der Waals surface area contributed by atoms with Crippen molar-refractivity contribution in [2.45, 2.75) is 64.4 Å². The summed E-state index contributed by atoms with van der Waals surface area (Å²) in [6.45, 7) is 4.17. The van der Waals surface area contributed by atoms with Crippen molar-refractivity contribution < 1.29 is 18.3 Å². The Morgan fingerprint density at radius 3 is 2.80 bits per heavy atom. The fourth-order valence-corrected chi connectivity index (χ4v) is 4.91. The van der Waals surface area contributed by atoms with Gasteiger partial charge in [0.15, 0.2) is 0 Å². The van der Waals surface area contributed by atoms with Crippen molar-refractivity contribution in [3.8, 4) is 0 Å². The summed E-state index contributed by atoms with van der Waals surface area (Å²) in [7, 11) is 1.39. The first kappa shape index (κ1) is 25.1. The summed E-state index contributed by atoms with van der Waals surface area (Å²) >= 11 is 9.22. The van der Waals surface area contributed by atoms with Crippen LogP contribution in [0.25, 0.3) is 0 Å². The lowest BCUT2D eigenvalue weighted by molar-refractivity contribution is -0.154. The lowest BCUT2D eigenvalue weighted by Gasteiger charge is -2.42. The molecule has 0 amide bonds. The van der Waals surface area contributed by atoms with E-state index in [4.69, 9.17) is 16.3 Å². The summed E-state index contributed by atoms with van der Waals surface area (Å²) in [5, 5.41) is 0.135.